The van der Waals surface area contributed by atoms with E-state index in [9.17, 15) is 14.1 Å². The molecule has 3 N–H and O–H groups in total. The molecule has 1 aromatic carbocycles. The van der Waals surface area contributed by atoms with Crippen LogP contribution in [-0.4, -0.2) is 60.0 Å². The van der Waals surface area contributed by atoms with Crippen molar-refractivity contribution < 1.29 is 37.0 Å². The topological polar surface area (TPSA) is 116 Å². The number of para-hydroxylation sites is 1. The van der Waals surface area contributed by atoms with E-state index in [1.165, 1.54) is 0 Å². The molecule has 0 radical (unpaired) electrons. The van der Waals surface area contributed by atoms with Gasteiger partial charge in [-0.3, -0.25) is 0 Å². The van der Waals surface area contributed by atoms with Crippen molar-refractivity contribution in [2.24, 2.45) is 10.7 Å². The third-order valence-electron chi connectivity index (χ3n) is 4.38. The van der Waals surface area contributed by atoms with Gasteiger partial charge in [0.15, 0.2) is 29.3 Å². The largest absolute Gasteiger partial charge is 0.750 e. The molecule has 5 atom stereocenters. The minimum atomic E-state index is -2.58. The van der Waals surface area contributed by atoms with E-state index in [0.717, 1.165) is 18.0 Å². The number of nitrogens with zero attached hydrogens (tertiary/aromatic N) is 2. The SMILES string of the molecule is CC1(F)[C@@H](O)[C@@H](CO[P+](=O)Oc2ccccc2)O[C@H]1N1/C=C(/F)C(N)=NCOC1. The van der Waals surface area contributed by atoms with Crippen LogP contribution in [0.1, 0.15) is 6.92 Å². The van der Waals surface area contributed by atoms with Crippen LogP contribution in [0.4, 0.5) is 8.78 Å². The Morgan fingerprint density at radius 1 is 1.45 bits per heavy atom. The maximum absolute atomic E-state index is 15.2. The number of aliphatic hydroxyl groups excluding tert-OH is 1. The molecule has 3 rings (SSSR count). The molecule has 1 aromatic rings. The van der Waals surface area contributed by atoms with Gasteiger partial charge in [-0.25, -0.2) is 18.3 Å². The molecule has 0 amide bonds. The molecule has 158 valence electrons. The minimum Gasteiger partial charge on any atom is -0.387 e. The molecule has 0 spiro atoms. The molecule has 2 heterocycles. The molecule has 0 saturated carbocycles. The van der Waals surface area contributed by atoms with Gasteiger partial charge in [0.25, 0.3) is 0 Å². The summed E-state index contributed by atoms with van der Waals surface area (Å²) in [5, 5.41) is 10.3. The highest BCUT2D eigenvalue weighted by molar-refractivity contribution is 7.33. The number of nitrogens with two attached hydrogens (primary N) is 1. The average Bonchev–Trinajstić information content (AvgIpc) is 2.91. The molecule has 2 aliphatic heterocycles. The van der Waals surface area contributed by atoms with E-state index < -0.39 is 50.6 Å². The monoisotopic (exact) mass is 432 g/mol. The summed E-state index contributed by atoms with van der Waals surface area (Å²) in [7, 11) is -2.58. The fourth-order valence-electron chi connectivity index (χ4n) is 2.86. The zero-order valence-electron chi connectivity index (χ0n) is 15.5. The number of hydrogen-bond donors (Lipinski definition) is 2. The Morgan fingerprint density at radius 2 is 2.17 bits per heavy atom. The molecular weight excluding hydrogens is 411 g/mol. The first kappa shape index (κ1) is 21.5. The van der Waals surface area contributed by atoms with Gasteiger partial charge in [-0.05, 0) is 19.1 Å². The van der Waals surface area contributed by atoms with Crippen molar-refractivity contribution in [3.8, 4) is 5.75 Å². The standard InChI is InChI=1S/C17H21F2N3O6P/c1-17(19)14(23)13(8-26-29(24)28-11-5-3-2-4-6-11)27-16(17)22-7-12(18)15(20)21-9-25-10-22/h2-7,13-14,16,23H,8-10H2,1H3,(H2,20,21)/q+1/b12-7+/t13-,14+,16-,17?/m1/s1. The van der Waals surface area contributed by atoms with Crippen LogP contribution in [0.3, 0.4) is 0 Å². The average molecular weight is 432 g/mol. The summed E-state index contributed by atoms with van der Waals surface area (Å²) < 4.78 is 62.0. The van der Waals surface area contributed by atoms with Crippen LogP contribution in [0.15, 0.2) is 47.4 Å². The Morgan fingerprint density at radius 3 is 2.90 bits per heavy atom. The molecular formula is C17H21F2N3O6P+. The molecule has 1 saturated heterocycles. The normalized spacial score (nSPS) is 32.6. The number of alkyl halides is 1. The lowest BCUT2D eigenvalue weighted by atomic mass is 9.98. The third kappa shape index (κ3) is 5.06. The van der Waals surface area contributed by atoms with Crippen LogP contribution in [0.25, 0.3) is 0 Å². The molecule has 2 unspecified atom stereocenters. The molecule has 12 heteroatoms. The highest BCUT2D eigenvalue weighted by atomic mass is 31.1. The molecule has 0 aromatic heterocycles. The molecule has 9 nitrogen and oxygen atoms in total. The Bertz CT molecular complexity index is 795. The Labute approximate surface area is 166 Å². The van der Waals surface area contributed by atoms with Crippen LogP contribution in [-0.2, 0) is 18.6 Å². The number of aliphatic hydroxyl groups is 1. The van der Waals surface area contributed by atoms with Crippen molar-refractivity contribution in [2.75, 3.05) is 20.1 Å². The maximum atomic E-state index is 15.2. The molecule has 1 fully saturated rings. The predicted molar refractivity (Wildman–Crippen MR) is 98.3 cm³/mol. The van der Waals surface area contributed by atoms with Crippen LogP contribution < -0.4 is 10.3 Å². The summed E-state index contributed by atoms with van der Waals surface area (Å²) in [5.41, 5.74) is 3.11. The van der Waals surface area contributed by atoms with Gasteiger partial charge in [0.1, 0.15) is 32.3 Å². The predicted octanol–water partition coefficient (Wildman–Crippen LogP) is 1.97. The van der Waals surface area contributed by atoms with E-state index in [0.29, 0.717) is 5.75 Å². The number of benzene rings is 1. The number of rotatable bonds is 6. The fraction of sp³-hybridized carbons (Fsp3) is 0.471. The number of amidine groups is 1. The first-order chi connectivity index (χ1) is 13.8. The van der Waals surface area contributed by atoms with Gasteiger partial charge in [-0.1, -0.05) is 18.2 Å². The minimum absolute atomic E-state index is 0.217. The first-order valence-corrected chi connectivity index (χ1v) is 9.75. The summed E-state index contributed by atoms with van der Waals surface area (Å²) in [6.45, 7) is 0.222. The van der Waals surface area contributed by atoms with E-state index in [1.807, 2.05) is 0 Å². The van der Waals surface area contributed by atoms with Crippen molar-refractivity contribution >= 4 is 14.1 Å². The number of aliphatic imine (C=N–C) groups is 1. The fourth-order valence-corrected chi connectivity index (χ4v) is 3.48. The summed E-state index contributed by atoms with van der Waals surface area (Å²) in [6, 6.07) is 8.32. The van der Waals surface area contributed by atoms with Gasteiger partial charge in [-0.15, -0.1) is 4.52 Å². The lowest BCUT2D eigenvalue weighted by Crippen LogP contribution is -2.49. The zero-order chi connectivity index (χ0) is 21.0. The Kier molecular flexibility index (Phi) is 6.76. The van der Waals surface area contributed by atoms with Crippen molar-refractivity contribution in [1.29, 1.82) is 0 Å². The van der Waals surface area contributed by atoms with Gasteiger partial charge >= 0.3 is 8.25 Å². The van der Waals surface area contributed by atoms with Crippen molar-refractivity contribution in [2.45, 2.75) is 31.0 Å². The molecule has 0 bridgehead atoms. The smallest absolute Gasteiger partial charge is 0.387 e. The van der Waals surface area contributed by atoms with Crippen LogP contribution >= 0.6 is 8.25 Å². The van der Waals surface area contributed by atoms with Gasteiger partial charge < -0.3 is 25.2 Å². The van der Waals surface area contributed by atoms with Crippen LogP contribution in [0.5, 0.6) is 5.75 Å². The summed E-state index contributed by atoms with van der Waals surface area (Å²) in [5.74, 6) is -0.961. The van der Waals surface area contributed by atoms with Crippen molar-refractivity contribution in [1.82, 2.24) is 4.90 Å². The molecule has 2 aliphatic rings. The van der Waals surface area contributed by atoms with E-state index in [1.54, 1.807) is 30.3 Å². The molecule has 29 heavy (non-hydrogen) atoms. The first-order valence-electron chi connectivity index (χ1n) is 8.65. The Hall–Kier alpha value is -2.17. The second kappa shape index (κ2) is 9.10. The van der Waals surface area contributed by atoms with E-state index in [2.05, 4.69) is 4.99 Å². The lowest BCUT2D eigenvalue weighted by molar-refractivity contribution is -0.119. The Balaban J connectivity index is 1.64. The third-order valence-corrected chi connectivity index (χ3v) is 5.10. The van der Waals surface area contributed by atoms with Gasteiger partial charge in [0.05, 0.1) is 0 Å². The summed E-state index contributed by atoms with van der Waals surface area (Å²) in [6.07, 6.45) is -3.33. The number of hydrogen-bond acceptors (Lipinski definition) is 9. The second-order valence-electron chi connectivity index (χ2n) is 6.54. The second-order valence-corrected chi connectivity index (χ2v) is 7.43. The van der Waals surface area contributed by atoms with Gasteiger partial charge in [-0.2, -0.15) is 0 Å². The van der Waals surface area contributed by atoms with Crippen molar-refractivity contribution in [3.05, 3.63) is 42.4 Å². The quantitative estimate of drug-likeness (QED) is 0.656. The number of ether oxygens (including phenoxy) is 2. The van der Waals surface area contributed by atoms with Crippen LogP contribution in [0.2, 0.25) is 0 Å². The molecule has 0 aliphatic carbocycles. The number of halogens is 2. The summed E-state index contributed by atoms with van der Waals surface area (Å²) in [4.78, 5) is 4.71. The maximum Gasteiger partial charge on any atom is 0.750 e. The zero-order valence-corrected chi connectivity index (χ0v) is 16.4. The van der Waals surface area contributed by atoms with E-state index in [4.69, 9.17) is 24.3 Å². The van der Waals surface area contributed by atoms with Gasteiger partial charge in [0.2, 0.25) is 0 Å². The van der Waals surface area contributed by atoms with Crippen molar-refractivity contribution in [3.63, 3.8) is 0 Å². The van der Waals surface area contributed by atoms with E-state index in [-0.39, 0.29) is 13.5 Å². The van der Waals surface area contributed by atoms with Crippen LogP contribution in [0, 0.1) is 0 Å². The van der Waals surface area contributed by atoms with Gasteiger partial charge in [0, 0.05) is 10.8 Å². The summed E-state index contributed by atoms with van der Waals surface area (Å²) >= 11 is 0. The lowest BCUT2D eigenvalue weighted by Gasteiger charge is -2.33. The highest BCUT2D eigenvalue weighted by Crippen LogP contribution is 2.38. The highest BCUT2D eigenvalue weighted by Gasteiger charge is 2.57. The van der Waals surface area contributed by atoms with E-state index >= 15 is 4.39 Å².